The lowest BCUT2D eigenvalue weighted by molar-refractivity contribution is -0.139. The van der Waals surface area contributed by atoms with Gasteiger partial charge in [0.25, 0.3) is 5.91 Å². The molecule has 2 unspecified atom stereocenters. The standard InChI is InChI=1S/C25H23Cl3F6N2O3S/c1-13(35-21(37)4-3-9-40(2)39)36-23(38)16-7-5-14(10-18(16)25(32,33)34)6-8-17(24(29,30)31)15-11-19(26)22(28)20(27)12-15/h5-8,10-13,17H,3-4,9H2,1-2H3,(H,35,37)(H,36,38)/b8-6+/t13-,17?,40?/m1/s1. The zero-order valence-electron chi connectivity index (χ0n) is 20.9. The lowest BCUT2D eigenvalue weighted by Gasteiger charge is -2.19. The van der Waals surface area contributed by atoms with Gasteiger partial charge in [0.05, 0.1) is 38.3 Å². The molecule has 3 atom stereocenters. The molecule has 0 fully saturated rings. The smallest absolute Gasteiger partial charge is 0.336 e. The van der Waals surface area contributed by atoms with E-state index in [1.165, 1.54) is 13.2 Å². The third kappa shape index (κ3) is 9.97. The fourth-order valence-electron chi connectivity index (χ4n) is 3.53. The van der Waals surface area contributed by atoms with Crippen molar-refractivity contribution in [2.24, 2.45) is 0 Å². The van der Waals surface area contributed by atoms with E-state index >= 15 is 0 Å². The van der Waals surface area contributed by atoms with Crippen molar-refractivity contribution in [3.8, 4) is 0 Å². The number of carbonyl (C=O) groups is 2. The van der Waals surface area contributed by atoms with Crippen LogP contribution in [0.15, 0.2) is 36.4 Å². The van der Waals surface area contributed by atoms with Gasteiger partial charge in [-0.25, -0.2) is 0 Å². The predicted molar refractivity (Wildman–Crippen MR) is 144 cm³/mol. The predicted octanol–water partition coefficient (Wildman–Crippen LogP) is 7.38. The Kier molecular flexibility index (Phi) is 11.9. The molecule has 40 heavy (non-hydrogen) atoms. The Morgan fingerprint density at radius 2 is 1.60 bits per heavy atom. The molecule has 5 nitrogen and oxygen atoms in total. The van der Waals surface area contributed by atoms with E-state index in [0.717, 1.165) is 30.3 Å². The van der Waals surface area contributed by atoms with E-state index in [-0.39, 0.29) is 38.4 Å². The van der Waals surface area contributed by atoms with Crippen LogP contribution in [0.2, 0.25) is 15.1 Å². The lowest BCUT2D eigenvalue weighted by Crippen LogP contribution is -2.46. The normalized spacial score (nSPS) is 14.6. The fourth-order valence-corrected chi connectivity index (χ4v) is 4.69. The van der Waals surface area contributed by atoms with Crippen LogP contribution in [-0.4, -0.2) is 40.4 Å². The van der Waals surface area contributed by atoms with Gasteiger partial charge in [0.15, 0.2) is 0 Å². The van der Waals surface area contributed by atoms with Crippen molar-refractivity contribution in [3.63, 3.8) is 0 Å². The second kappa shape index (κ2) is 14.1. The molecule has 0 heterocycles. The molecule has 220 valence electrons. The fraction of sp³-hybridized carbons (Fsp3) is 0.360. The van der Waals surface area contributed by atoms with Crippen molar-refractivity contribution in [1.82, 2.24) is 10.6 Å². The van der Waals surface area contributed by atoms with Crippen LogP contribution in [-0.2, 0) is 21.8 Å². The Hall–Kier alpha value is -2.28. The van der Waals surface area contributed by atoms with E-state index in [1.54, 1.807) is 0 Å². The van der Waals surface area contributed by atoms with Crippen LogP contribution in [0.3, 0.4) is 0 Å². The summed E-state index contributed by atoms with van der Waals surface area (Å²) in [6.07, 6.45) is -7.66. The number of nitrogens with one attached hydrogen (secondary N) is 2. The number of hydrogen-bond acceptors (Lipinski definition) is 3. The summed E-state index contributed by atoms with van der Waals surface area (Å²) in [4.78, 5) is 24.5. The summed E-state index contributed by atoms with van der Waals surface area (Å²) in [5, 5.41) is 4.02. The summed E-state index contributed by atoms with van der Waals surface area (Å²) >= 11 is 17.5. The summed E-state index contributed by atoms with van der Waals surface area (Å²) in [5.41, 5.74) is -2.83. The number of rotatable bonds is 10. The zero-order chi connectivity index (χ0) is 30.4. The van der Waals surface area contributed by atoms with Gasteiger partial charge in [-0.05, 0) is 48.7 Å². The molecule has 0 saturated heterocycles. The maximum absolute atomic E-state index is 13.8. The molecule has 2 N–H and O–H groups in total. The Morgan fingerprint density at radius 3 is 2.12 bits per heavy atom. The molecule has 2 amide bonds. The van der Waals surface area contributed by atoms with E-state index < -0.39 is 58.2 Å². The Labute approximate surface area is 243 Å². The molecule has 0 radical (unpaired) electrons. The summed E-state index contributed by atoms with van der Waals surface area (Å²) < 4.78 is 93.8. The highest BCUT2D eigenvalue weighted by Gasteiger charge is 2.40. The number of amides is 2. The minimum absolute atomic E-state index is 0.00196. The van der Waals surface area contributed by atoms with Gasteiger partial charge < -0.3 is 10.6 Å². The third-order valence-electron chi connectivity index (χ3n) is 5.35. The maximum atomic E-state index is 13.8. The Morgan fingerprint density at radius 1 is 1.00 bits per heavy atom. The molecule has 15 heteroatoms. The number of alkyl halides is 6. The van der Waals surface area contributed by atoms with Gasteiger partial charge in [-0.3, -0.25) is 13.8 Å². The van der Waals surface area contributed by atoms with E-state index in [1.807, 2.05) is 0 Å². The third-order valence-corrected chi connectivity index (χ3v) is 7.41. The van der Waals surface area contributed by atoms with Gasteiger partial charge in [0.1, 0.15) is 0 Å². The minimum Gasteiger partial charge on any atom is -0.336 e. The Bertz CT molecular complexity index is 1280. The highest BCUT2D eigenvalue weighted by atomic mass is 35.5. The van der Waals surface area contributed by atoms with Crippen LogP contribution < -0.4 is 10.6 Å². The monoisotopic (exact) mass is 650 g/mol. The van der Waals surface area contributed by atoms with Gasteiger partial charge in [0, 0.05) is 29.2 Å². The molecule has 0 bridgehead atoms. The first kappa shape index (κ1) is 33.9. The van der Waals surface area contributed by atoms with Crippen molar-refractivity contribution in [1.29, 1.82) is 0 Å². The van der Waals surface area contributed by atoms with Crippen molar-refractivity contribution in [2.45, 2.75) is 44.2 Å². The molecule has 0 saturated carbocycles. The van der Waals surface area contributed by atoms with Gasteiger partial charge in [-0.15, -0.1) is 0 Å². The number of halogens is 9. The molecule has 0 aliphatic carbocycles. The molecule has 2 aromatic carbocycles. The van der Waals surface area contributed by atoms with Crippen LogP contribution in [0.1, 0.15) is 52.7 Å². The first-order chi connectivity index (χ1) is 18.4. The molecule has 0 aliphatic heterocycles. The molecular formula is C25H23Cl3F6N2O3S. The van der Waals surface area contributed by atoms with Crippen LogP contribution in [0.5, 0.6) is 0 Å². The Balaban J connectivity index is 2.29. The topological polar surface area (TPSA) is 75.3 Å². The van der Waals surface area contributed by atoms with E-state index in [9.17, 15) is 40.1 Å². The highest BCUT2D eigenvalue weighted by molar-refractivity contribution is 7.84. The molecule has 2 rings (SSSR count). The second-order valence-electron chi connectivity index (χ2n) is 8.62. The van der Waals surface area contributed by atoms with Crippen LogP contribution in [0, 0.1) is 0 Å². The van der Waals surface area contributed by atoms with Crippen molar-refractivity contribution >= 4 is 63.5 Å². The summed E-state index contributed by atoms with van der Waals surface area (Å²) in [6.45, 7) is 1.34. The van der Waals surface area contributed by atoms with Crippen molar-refractivity contribution in [2.75, 3.05) is 12.0 Å². The largest absolute Gasteiger partial charge is 0.417 e. The van der Waals surface area contributed by atoms with E-state index in [2.05, 4.69) is 10.6 Å². The average Bonchev–Trinajstić information content (AvgIpc) is 2.80. The second-order valence-corrected chi connectivity index (χ2v) is 11.4. The minimum atomic E-state index is -5.03. The quantitative estimate of drug-likeness (QED) is 0.160. The lowest BCUT2D eigenvalue weighted by atomic mass is 9.96. The van der Waals surface area contributed by atoms with Gasteiger partial charge in [-0.1, -0.05) is 53.0 Å². The number of carbonyl (C=O) groups excluding carboxylic acids is 2. The van der Waals surface area contributed by atoms with Crippen LogP contribution in [0.25, 0.3) is 6.08 Å². The average molecular weight is 652 g/mol. The maximum Gasteiger partial charge on any atom is 0.417 e. The van der Waals surface area contributed by atoms with E-state index in [0.29, 0.717) is 18.6 Å². The van der Waals surface area contributed by atoms with Gasteiger partial charge in [-0.2, -0.15) is 26.3 Å². The SMILES string of the molecule is C[C@H](NC(=O)CCCS(C)=O)NC(=O)c1ccc(/C=C/C(c2cc(Cl)c(Cl)c(Cl)c2)C(F)(F)F)cc1C(F)(F)F. The zero-order valence-corrected chi connectivity index (χ0v) is 23.9. The number of allylic oxidation sites excluding steroid dienone is 1. The van der Waals surface area contributed by atoms with E-state index in [4.69, 9.17) is 34.8 Å². The molecular weight excluding hydrogens is 629 g/mol. The summed E-state index contributed by atoms with van der Waals surface area (Å²) in [6, 6.07) is 4.31. The van der Waals surface area contributed by atoms with Gasteiger partial charge in [0.2, 0.25) is 5.91 Å². The van der Waals surface area contributed by atoms with Crippen molar-refractivity contribution in [3.05, 3.63) is 73.7 Å². The summed E-state index contributed by atoms with van der Waals surface area (Å²) in [5.74, 6) is -3.66. The van der Waals surface area contributed by atoms with Crippen LogP contribution >= 0.6 is 34.8 Å². The first-order valence-corrected chi connectivity index (χ1v) is 14.3. The van der Waals surface area contributed by atoms with Gasteiger partial charge >= 0.3 is 12.4 Å². The molecule has 0 spiro atoms. The molecule has 2 aromatic rings. The highest BCUT2D eigenvalue weighted by Crippen LogP contribution is 2.41. The van der Waals surface area contributed by atoms with Crippen LogP contribution in [0.4, 0.5) is 26.3 Å². The number of hydrogen-bond donors (Lipinski definition) is 2. The molecule has 0 aromatic heterocycles. The van der Waals surface area contributed by atoms with Crippen molar-refractivity contribution < 1.29 is 40.1 Å². The molecule has 0 aliphatic rings. The number of benzene rings is 2. The summed E-state index contributed by atoms with van der Waals surface area (Å²) in [7, 11) is -1.10. The first-order valence-electron chi connectivity index (χ1n) is 11.4.